The molecular formula is C24H29F2N3O5. The maximum absolute atomic E-state index is 14.1. The summed E-state index contributed by atoms with van der Waals surface area (Å²) in [6, 6.07) is 4.49. The number of amides is 1. The summed E-state index contributed by atoms with van der Waals surface area (Å²) in [5.74, 6) is -1.61. The van der Waals surface area contributed by atoms with Crippen LogP contribution in [0.15, 0.2) is 24.3 Å². The van der Waals surface area contributed by atoms with Crippen molar-refractivity contribution in [1.82, 2.24) is 14.5 Å². The number of ether oxygens (including phenoxy) is 1. The molecule has 0 saturated heterocycles. The molecule has 8 nitrogen and oxygen atoms in total. The second kappa shape index (κ2) is 10.9. The van der Waals surface area contributed by atoms with Crippen molar-refractivity contribution in [1.29, 1.82) is 0 Å². The predicted molar refractivity (Wildman–Crippen MR) is 122 cm³/mol. The summed E-state index contributed by atoms with van der Waals surface area (Å²) in [5, 5.41) is 31.0. The molecule has 3 rings (SSSR count). The molecule has 184 valence electrons. The van der Waals surface area contributed by atoms with E-state index in [1.165, 1.54) is 18.0 Å². The number of likely N-dealkylation sites (N-methyl/N-ethyl adjacent to an activating group) is 1. The fraction of sp³-hybridized carbons (Fsp3) is 0.417. The number of phenolic OH excluding ortho intramolecular Hbond substituents is 1. The number of aliphatic hydroxyl groups is 2. The molecule has 0 bridgehead atoms. The zero-order chi connectivity index (χ0) is 25.0. The lowest BCUT2D eigenvalue weighted by Gasteiger charge is -2.20. The molecule has 0 radical (unpaired) electrons. The Morgan fingerprint density at radius 2 is 2.03 bits per heavy atom. The molecule has 0 aliphatic heterocycles. The summed E-state index contributed by atoms with van der Waals surface area (Å²) < 4.78 is 34.3. The Kier molecular flexibility index (Phi) is 8.19. The second-order valence-corrected chi connectivity index (χ2v) is 8.09. The van der Waals surface area contributed by atoms with E-state index in [-0.39, 0.29) is 48.4 Å². The van der Waals surface area contributed by atoms with Gasteiger partial charge >= 0.3 is 0 Å². The van der Waals surface area contributed by atoms with Gasteiger partial charge in [0, 0.05) is 50.0 Å². The maximum atomic E-state index is 14.1. The number of benzene rings is 2. The van der Waals surface area contributed by atoms with Gasteiger partial charge in [-0.2, -0.15) is 0 Å². The molecule has 0 spiro atoms. The monoisotopic (exact) mass is 477 g/mol. The Balaban J connectivity index is 2.05. The number of phenols is 1. The minimum atomic E-state index is -1.28. The molecule has 10 heteroatoms. The molecule has 0 fully saturated rings. The number of carbonyl (C=O) groups excluding carboxylic acids is 1. The lowest BCUT2D eigenvalue weighted by Crippen LogP contribution is -2.30. The summed E-state index contributed by atoms with van der Waals surface area (Å²) in [6.45, 7) is 2.42. The Morgan fingerprint density at radius 1 is 1.29 bits per heavy atom. The van der Waals surface area contributed by atoms with E-state index in [2.05, 4.69) is 4.98 Å². The van der Waals surface area contributed by atoms with Crippen LogP contribution in [0.3, 0.4) is 0 Å². The number of nitrogens with zero attached hydrogens (tertiary/aromatic N) is 3. The smallest absolute Gasteiger partial charge is 0.254 e. The van der Waals surface area contributed by atoms with E-state index in [9.17, 15) is 28.9 Å². The number of rotatable bonds is 10. The van der Waals surface area contributed by atoms with Gasteiger partial charge in [0.05, 0.1) is 24.8 Å². The number of carbonyl (C=O) groups is 1. The minimum Gasteiger partial charge on any atom is -0.505 e. The standard InChI is InChI=1S/C24H29F2N3O5/c1-14-27-20-13-18(24(33)28(2)8-10-30)16(23(32)22(20)29(14)9-11-34-3)6-7-21(31)17-5-4-15(25)12-19(17)26/h4-5,12-13,21,30-32H,6-11H2,1-3H3. The molecule has 34 heavy (non-hydrogen) atoms. The highest BCUT2D eigenvalue weighted by molar-refractivity contribution is 6.01. The highest BCUT2D eigenvalue weighted by atomic mass is 19.1. The molecule has 1 atom stereocenters. The largest absolute Gasteiger partial charge is 0.505 e. The van der Waals surface area contributed by atoms with E-state index in [1.807, 2.05) is 0 Å². The van der Waals surface area contributed by atoms with Gasteiger partial charge in [-0.05, 0) is 31.9 Å². The molecule has 1 amide bonds. The third-order valence-corrected chi connectivity index (χ3v) is 5.82. The van der Waals surface area contributed by atoms with Gasteiger partial charge < -0.3 is 29.5 Å². The molecule has 0 aliphatic carbocycles. The van der Waals surface area contributed by atoms with Crippen LogP contribution in [0.2, 0.25) is 0 Å². The van der Waals surface area contributed by atoms with E-state index in [4.69, 9.17) is 4.74 Å². The molecule has 0 saturated carbocycles. The number of aryl methyl sites for hydroxylation is 1. The van der Waals surface area contributed by atoms with Crippen LogP contribution < -0.4 is 0 Å². The normalized spacial score (nSPS) is 12.3. The van der Waals surface area contributed by atoms with Crippen molar-refractivity contribution in [3.8, 4) is 5.75 Å². The Labute approximate surface area is 196 Å². The molecule has 3 N–H and O–H groups in total. The summed E-state index contributed by atoms with van der Waals surface area (Å²) in [7, 11) is 3.08. The van der Waals surface area contributed by atoms with Crippen LogP contribution in [0, 0.1) is 18.6 Å². The zero-order valence-corrected chi connectivity index (χ0v) is 19.4. The highest BCUT2D eigenvalue weighted by Crippen LogP contribution is 2.35. The number of halogens is 2. The van der Waals surface area contributed by atoms with Crippen LogP contribution in [0.5, 0.6) is 5.75 Å². The fourth-order valence-electron chi connectivity index (χ4n) is 4.00. The van der Waals surface area contributed by atoms with E-state index in [0.29, 0.717) is 36.1 Å². The van der Waals surface area contributed by atoms with Crippen molar-refractivity contribution in [2.45, 2.75) is 32.4 Å². The Bertz CT molecular complexity index is 1180. The molecule has 1 unspecified atom stereocenters. The lowest BCUT2D eigenvalue weighted by atomic mass is 9.95. The molecule has 3 aromatic rings. The third-order valence-electron chi connectivity index (χ3n) is 5.82. The van der Waals surface area contributed by atoms with Crippen molar-refractivity contribution < 1.29 is 33.6 Å². The summed E-state index contributed by atoms with van der Waals surface area (Å²) in [6.07, 6.45) is -1.28. The minimum absolute atomic E-state index is 0.0301. The van der Waals surface area contributed by atoms with Crippen LogP contribution in [0.1, 0.15) is 39.8 Å². The summed E-state index contributed by atoms with van der Waals surface area (Å²) in [5.41, 5.74) is 1.20. The fourth-order valence-corrected chi connectivity index (χ4v) is 4.00. The van der Waals surface area contributed by atoms with E-state index in [1.54, 1.807) is 24.7 Å². The number of hydrogen-bond acceptors (Lipinski definition) is 6. The topological polar surface area (TPSA) is 108 Å². The van der Waals surface area contributed by atoms with Crippen molar-refractivity contribution in [2.75, 3.05) is 33.9 Å². The highest BCUT2D eigenvalue weighted by Gasteiger charge is 2.25. The quantitative estimate of drug-likeness (QED) is 0.415. The van der Waals surface area contributed by atoms with Crippen molar-refractivity contribution in [3.05, 3.63) is 58.4 Å². The van der Waals surface area contributed by atoms with Crippen LogP contribution in [0.4, 0.5) is 8.78 Å². The van der Waals surface area contributed by atoms with Crippen LogP contribution in [0.25, 0.3) is 11.0 Å². The molecule has 0 aliphatic rings. The number of aromatic nitrogens is 2. The second-order valence-electron chi connectivity index (χ2n) is 8.09. The van der Waals surface area contributed by atoms with Gasteiger partial charge in [0.25, 0.3) is 5.91 Å². The van der Waals surface area contributed by atoms with E-state index < -0.39 is 23.6 Å². The number of hydrogen-bond donors (Lipinski definition) is 3. The lowest BCUT2D eigenvalue weighted by molar-refractivity contribution is 0.0765. The van der Waals surface area contributed by atoms with E-state index in [0.717, 1.165) is 6.07 Å². The Morgan fingerprint density at radius 3 is 2.68 bits per heavy atom. The molecule has 1 aromatic heterocycles. The first-order valence-electron chi connectivity index (χ1n) is 10.9. The Hall–Kier alpha value is -3.08. The maximum Gasteiger partial charge on any atom is 0.254 e. The van der Waals surface area contributed by atoms with Crippen LogP contribution in [-0.4, -0.2) is 69.6 Å². The average Bonchev–Trinajstić information content (AvgIpc) is 3.11. The first kappa shape index (κ1) is 25.5. The first-order valence-corrected chi connectivity index (χ1v) is 10.9. The number of imidazole rings is 1. The number of fused-ring (bicyclic) bond motifs is 1. The van der Waals surface area contributed by atoms with Crippen LogP contribution in [-0.2, 0) is 17.7 Å². The number of methoxy groups -OCH3 is 1. The van der Waals surface area contributed by atoms with E-state index >= 15 is 0 Å². The summed E-state index contributed by atoms with van der Waals surface area (Å²) >= 11 is 0. The molecular weight excluding hydrogens is 448 g/mol. The van der Waals surface area contributed by atoms with Gasteiger partial charge in [-0.1, -0.05) is 6.07 Å². The third kappa shape index (κ3) is 5.19. The zero-order valence-electron chi connectivity index (χ0n) is 19.4. The SMILES string of the molecule is COCCn1c(C)nc2cc(C(=O)N(C)CCO)c(CCC(O)c3ccc(F)cc3F)c(O)c21. The molecule has 1 heterocycles. The number of aromatic hydroxyl groups is 1. The van der Waals surface area contributed by atoms with Crippen molar-refractivity contribution in [2.24, 2.45) is 0 Å². The van der Waals surface area contributed by atoms with Gasteiger partial charge in [0.15, 0.2) is 0 Å². The predicted octanol–water partition coefficient (Wildman–Crippen LogP) is 2.71. The first-order chi connectivity index (χ1) is 16.2. The van der Waals surface area contributed by atoms with Gasteiger partial charge in [0.2, 0.25) is 0 Å². The number of aliphatic hydroxyl groups excluding tert-OH is 2. The summed E-state index contributed by atoms with van der Waals surface area (Å²) in [4.78, 5) is 18.9. The van der Waals surface area contributed by atoms with Crippen molar-refractivity contribution >= 4 is 16.9 Å². The molecule has 2 aromatic carbocycles. The van der Waals surface area contributed by atoms with Crippen LogP contribution >= 0.6 is 0 Å². The van der Waals surface area contributed by atoms with Gasteiger partial charge in [-0.15, -0.1) is 0 Å². The van der Waals surface area contributed by atoms with Crippen molar-refractivity contribution in [3.63, 3.8) is 0 Å². The van der Waals surface area contributed by atoms with Gasteiger partial charge in [-0.25, -0.2) is 13.8 Å². The average molecular weight is 478 g/mol. The van der Waals surface area contributed by atoms with Gasteiger partial charge in [0.1, 0.15) is 28.7 Å². The van der Waals surface area contributed by atoms with Gasteiger partial charge in [-0.3, -0.25) is 4.79 Å².